The second kappa shape index (κ2) is 5.98. The van der Waals surface area contributed by atoms with Crippen LogP contribution in [0, 0.1) is 25.2 Å². The number of rotatable bonds is 3. The van der Waals surface area contributed by atoms with E-state index < -0.39 is 5.97 Å². The van der Waals surface area contributed by atoms with Gasteiger partial charge in [0.1, 0.15) is 17.1 Å². The molecule has 21 heavy (non-hydrogen) atoms. The molecule has 0 aliphatic carbocycles. The largest absolute Gasteiger partial charge is 0.478 e. The van der Waals surface area contributed by atoms with Gasteiger partial charge in [-0.15, -0.1) is 0 Å². The van der Waals surface area contributed by atoms with Gasteiger partial charge in [0.15, 0.2) is 0 Å². The van der Waals surface area contributed by atoms with E-state index in [1.165, 1.54) is 6.07 Å². The zero-order chi connectivity index (χ0) is 15.6. The molecule has 0 fully saturated rings. The third kappa shape index (κ3) is 3.23. The molecule has 0 saturated carbocycles. The van der Waals surface area contributed by atoms with Gasteiger partial charge in [-0.3, -0.25) is 0 Å². The standard InChI is InChI=1S/C16H12BrNO3/c1-9-5-11(8-18)6-10(2)15(9)21-14-4-3-12(17)7-13(14)16(19)20/h3-7H,1-2H3,(H,19,20). The highest BCUT2D eigenvalue weighted by Gasteiger charge is 2.15. The minimum Gasteiger partial charge on any atom is -0.478 e. The first-order valence-electron chi connectivity index (χ1n) is 6.14. The van der Waals surface area contributed by atoms with Crippen LogP contribution in [0.15, 0.2) is 34.8 Å². The van der Waals surface area contributed by atoms with Crippen molar-refractivity contribution in [3.63, 3.8) is 0 Å². The fourth-order valence-corrected chi connectivity index (χ4v) is 2.41. The number of carbonyl (C=O) groups is 1. The van der Waals surface area contributed by atoms with Crippen molar-refractivity contribution in [2.75, 3.05) is 0 Å². The molecule has 0 radical (unpaired) electrons. The number of aromatic carboxylic acids is 1. The highest BCUT2D eigenvalue weighted by Crippen LogP contribution is 2.33. The number of hydrogen-bond donors (Lipinski definition) is 1. The first-order chi connectivity index (χ1) is 9.92. The zero-order valence-electron chi connectivity index (χ0n) is 11.5. The van der Waals surface area contributed by atoms with Crippen molar-refractivity contribution in [1.29, 1.82) is 5.26 Å². The Morgan fingerprint density at radius 3 is 2.38 bits per heavy atom. The van der Waals surface area contributed by atoms with Crippen LogP contribution >= 0.6 is 15.9 Å². The molecule has 0 amide bonds. The van der Waals surface area contributed by atoms with Crippen LogP contribution in [0.3, 0.4) is 0 Å². The molecule has 5 heteroatoms. The van der Waals surface area contributed by atoms with Crippen LogP contribution in [0.5, 0.6) is 11.5 Å². The second-order valence-electron chi connectivity index (χ2n) is 4.60. The van der Waals surface area contributed by atoms with E-state index in [9.17, 15) is 9.90 Å². The molecule has 0 bridgehead atoms. The Kier molecular flexibility index (Phi) is 4.29. The lowest BCUT2D eigenvalue weighted by Gasteiger charge is -2.14. The second-order valence-corrected chi connectivity index (χ2v) is 5.51. The minimum atomic E-state index is -1.06. The van der Waals surface area contributed by atoms with Crippen LogP contribution < -0.4 is 4.74 Å². The van der Waals surface area contributed by atoms with Gasteiger partial charge in [-0.05, 0) is 55.3 Å². The van der Waals surface area contributed by atoms with E-state index in [-0.39, 0.29) is 11.3 Å². The molecule has 2 aromatic rings. The van der Waals surface area contributed by atoms with Crippen LogP contribution in [0.25, 0.3) is 0 Å². The lowest BCUT2D eigenvalue weighted by Crippen LogP contribution is -2.01. The van der Waals surface area contributed by atoms with Crippen LogP contribution in [0.4, 0.5) is 0 Å². The molecule has 0 heterocycles. The molecule has 0 atom stereocenters. The molecular weight excluding hydrogens is 334 g/mol. The van der Waals surface area contributed by atoms with Crippen molar-refractivity contribution in [2.24, 2.45) is 0 Å². The average Bonchev–Trinajstić information content (AvgIpc) is 2.43. The van der Waals surface area contributed by atoms with Gasteiger partial charge in [0, 0.05) is 4.47 Å². The van der Waals surface area contributed by atoms with Gasteiger partial charge in [-0.2, -0.15) is 5.26 Å². The molecule has 0 saturated heterocycles. The van der Waals surface area contributed by atoms with E-state index in [1.54, 1.807) is 24.3 Å². The molecule has 0 aromatic heterocycles. The van der Waals surface area contributed by atoms with Crippen molar-refractivity contribution < 1.29 is 14.6 Å². The minimum absolute atomic E-state index is 0.0764. The molecule has 0 aliphatic rings. The van der Waals surface area contributed by atoms with E-state index >= 15 is 0 Å². The molecule has 1 N–H and O–H groups in total. The summed E-state index contributed by atoms with van der Waals surface area (Å²) in [5.74, 6) is -0.226. The van der Waals surface area contributed by atoms with Gasteiger partial charge in [0.2, 0.25) is 0 Å². The van der Waals surface area contributed by atoms with Crippen molar-refractivity contribution in [1.82, 2.24) is 0 Å². The lowest BCUT2D eigenvalue weighted by molar-refractivity contribution is 0.0694. The van der Waals surface area contributed by atoms with Crippen molar-refractivity contribution in [2.45, 2.75) is 13.8 Å². The summed E-state index contributed by atoms with van der Waals surface area (Å²) >= 11 is 3.24. The Labute approximate surface area is 130 Å². The normalized spacial score (nSPS) is 10.0. The Balaban J connectivity index is 2.49. The number of carboxylic acid groups (broad SMARTS) is 1. The van der Waals surface area contributed by atoms with Gasteiger partial charge in [0.25, 0.3) is 0 Å². The topological polar surface area (TPSA) is 70.3 Å². The predicted molar refractivity (Wildman–Crippen MR) is 81.8 cm³/mol. The van der Waals surface area contributed by atoms with Crippen LogP contribution in [0.2, 0.25) is 0 Å². The van der Waals surface area contributed by atoms with Gasteiger partial charge in [-0.1, -0.05) is 15.9 Å². The predicted octanol–water partition coefficient (Wildman–Crippen LogP) is 4.43. The smallest absolute Gasteiger partial charge is 0.339 e. The molecule has 0 spiro atoms. The molecule has 4 nitrogen and oxygen atoms in total. The van der Waals surface area contributed by atoms with Crippen molar-refractivity contribution >= 4 is 21.9 Å². The average molecular weight is 346 g/mol. The van der Waals surface area contributed by atoms with Crippen LogP contribution in [-0.2, 0) is 0 Å². The van der Waals surface area contributed by atoms with E-state index in [0.717, 1.165) is 11.1 Å². The third-order valence-corrected chi connectivity index (χ3v) is 3.47. The lowest BCUT2D eigenvalue weighted by atomic mass is 10.1. The Hall–Kier alpha value is -2.32. The van der Waals surface area contributed by atoms with Gasteiger partial charge in [0.05, 0.1) is 11.6 Å². The Morgan fingerprint density at radius 2 is 1.86 bits per heavy atom. The third-order valence-electron chi connectivity index (χ3n) is 2.97. The van der Waals surface area contributed by atoms with Crippen LogP contribution in [-0.4, -0.2) is 11.1 Å². The first kappa shape index (κ1) is 15.1. The zero-order valence-corrected chi connectivity index (χ0v) is 13.1. The Bertz CT molecular complexity index is 740. The summed E-state index contributed by atoms with van der Waals surface area (Å²) in [6.45, 7) is 3.64. The number of halogens is 1. The maximum absolute atomic E-state index is 11.3. The summed E-state index contributed by atoms with van der Waals surface area (Å²) in [5.41, 5.74) is 2.19. The summed E-state index contributed by atoms with van der Waals surface area (Å²) in [6, 6.07) is 10.3. The van der Waals surface area contributed by atoms with E-state index in [4.69, 9.17) is 10.00 Å². The van der Waals surface area contributed by atoms with Gasteiger partial charge in [-0.25, -0.2) is 4.79 Å². The molecular formula is C16H12BrNO3. The number of ether oxygens (including phenoxy) is 1. The monoisotopic (exact) mass is 345 g/mol. The maximum Gasteiger partial charge on any atom is 0.339 e. The fourth-order valence-electron chi connectivity index (χ4n) is 2.04. The Morgan fingerprint density at radius 1 is 1.24 bits per heavy atom. The van der Waals surface area contributed by atoms with E-state index in [2.05, 4.69) is 22.0 Å². The summed E-state index contributed by atoms with van der Waals surface area (Å²) < 4.78 is 6.44. The molecule has 2 rings (SSSR count). The molecule has 0 unspecified atom stereocenters. The van der Waals surface area contributed by atoms with Crippen molar-refractivity contribution in [3.8, 4) is 17.6 Å². The molecule has 106 valence electrons. The highest BCUT2D eigenvalue weighted by atomic mass is 79.9. The van der Waals surface area contributed by atoms with Gasteiger partial charge >= 0.3 is 5.97 Å². The first-order valence-corrected chi connectivity index (χ1v) is 6.93. The molecule has 0 aliphatic heterocycles. The van der Waals surface area contributed by atoms with E-state index in [1.807, 2.05) is 13.8 Å². The number of benzene rings is 2. The number of nitrogens with zero attached hydrogens (tertiary/aromatic N) is 1. The van der Waals surface area contributed by atoms with Crippen LogP contribution in [0.1, 0.15) is 27.0 Å². The van der Waals surface area contributed by atoms with Crippen molar-refractivity contribution in [3.05, 3.63) is 57.1 Å². The quantitative estimate of drug-likeness (QED) is 0.893. The molecule has 2 aromatic carbocycles. The highest BCUT2D eigenvalue weighted by molar-refractivity contribution is 9.10. The van der Waals surface area contributed by atoms with Gasteiger partial charge < -0.3 is 9.84 Å². The summed E-state index contributed by atoms with van der Waals surface area (Å²) in [4.78, 5) is 11.3. The SMILES string of the molecule is Cc1cc(C#N)cc(C)c1Oc1ccc(Br)cc1C(=O)O. The number of nitriles is 1. The summed E-state index contributed by atoms with van der Waals surface area (Å²) in [5, 5.41) is 18.2. The summed E-state index contributed by atoms with van der Waals surface area (Å²) in [6.07, 6.45) is 0. The summed E-state index contributed by atoms with van der Waals surface area (Å²) in [7, 11) is 0. The number of aryl methyl sites for hydroxylation is 2. The maximum atomic E-state index is 11.3. The number of carboxylic acids is 1. The fraction of sp³-hybridized carbons (Fsp3) is 0.125. The van der Waals surface area contributed by atoms with E-state index in [0.29, 0.717) is 15.8 Å². The number of hydrogen-bond acceptors (Lipinski definition) is 3.